The largest absolute Gasteiger partial charge is 0.496 e. The summed E-state index contributed by atoms with van der Waals surface area (Å²) >= 11 is 0. The van der Waals surface area contributed by atoms with Crippen LogP contribution in [0.4, 0.5) is 0 Å². The number of nitrogens with one attached hydrogen (secondary N) is 1. The first-order valence-electron chi connectivity index (χ1n) is 7.76. The minimum Gasteiger partial charge on any atom is -0.496 e. The van der Waals surface area contributed by atoms with Gasteiger partial charge in [-0.3, -0.25) is 0 Å². The molecule has 0 aliphatic heterocycles. The summed E-state index contributed by atoms with van der Waals surface area (Å²) in [6.07, 6.45) is 0. The smallest absolute Gasteiger partial charge is 0.124 e. The summed E-state index contributed by atoms with van der Waals surface area (Å²) in [7, 11) is 3.35. The lowest BCUT2D eigenvalue weighted by Gasteiger charge is -2.18. The highest BCUT2D eigenvalue weighted by Gasteiger charge is 2.10. The van der Waals surface area contributed by atoms with Gasteiger partial charge >= 0.3 is 0 Å². The highest BCUT2D eigenvalue weighted by atomic mass is 16.5. The fourth-order valence-corrected chi connectivity index (χ4v) is 2.60. The number of hydrogen-bond donors (Lipinski definition) is 2. The normalized spacial score (nSPS) is 12.2. The van der Waals surface area contributed by atoms with E-state index in [4.69, 9.17) is 9.47 Å². The number of methoxy groups -OCH3 is 2. The zero-order valence-corrected chi connectivity index (χ0v) is 14.0. The molecule has 4 nitrogen and oxygen atoms in total. The lowest BCUT2D eigenvalue weighted by molar-refractivity contribution is 0.181. The van der Waals surface area contributed by atoms with Crippen molar-refractivity contribution in [1.82, 2.24) is 5.32 Å². The molecule has 0 amide bonds. The molecule has 0 aliphatic carbocycles. The Balaban J connectivity index is 2.08. The van der Waals surface area contributed by atoms with Crippen LogP contribution in [0.5, 0.6) is 5.75 Å². The van der Waals surface area contributed by atoms with E-state index < -0.39 is 0 Å². The van der Waals surface area contributed by atoms with Crippen molar-refractivity contribution in [2.45, 2.75) is 32.7 Å². The predicted molar refractivity (Wildman–Crippen MR) is 91.3 cm³/mol. The Bertz CT molecular complexity index is 628. The average molecular weight is 315 g/mol. The van der Waals surface area contributed by atoms with Crippen LogP contribution in [-0.4, -0.2) is 19.3 Å². The molecule has 4 heteroatoms. The molecule has 0 saturated carbocycles. The fourth-order valence-electron chi connectivity index (χ4n) is 2.60. The highest BCUT2D eigenvalue weighted by Crippen LogP contribution is 2.24. The Hall–Kier alpha value is -1.88. The van der Waals surface area contributed by atoms with Crippen LogP contribution in [0.2, 0.25) is 0 Å². The molecule has 1 unspecified atom stereocenters. The number of ether oxygens (including phenoxy) is 2. The second-order valence-corrected chi connectivity index (χ2v) is 5.53. The monoisotopic (exact) mass is 315 g/mol. The van der Waals surface area contributed by atoms with Crippen molar-refractivity contribution in [1.29, 1.82) is 0 Å². The molecule has 0 fully saturated rings. The lowest BCUT2D eigenvalue weighted by Crippen LogP contribution is -2.19. The van der Waals surface area contributed by atoms with E-state index in [1.165, 1.54) is 5.56 Å². The van der Waals surface area contributed by atoms with Crippen molar-refractivity contribution >= 4 is 0 Å². The van der Waals surface area contributed by atoms with Crippen LogP contribution in [0.1, 0.15) is 35.2 Å². The van der Waals surface area contributed by atoms with Crippen LogP contribution >= 0.6 is 0 Å². The van der Waals surface area contributed by atoms with Gasteiger partial charge in [-0.1, -0.05) is 30.3 Å². The zero-order chi connectivity index (χ0) is 16.7. The third kappa shape index (κ3) is 4.55. The van der Waals surface area contributed by atoms with E-state index in [0.29, 0.717) is 13.2 Å². The second-order valence-electron chi connectivity index (χ2n) is 5.53. The molecule has 0 aromatic heterocycles. The molecular formula is C19H25NO3. The standard InChI is InChI=1S/C19H25NO3/c1-14(20-11-16-6-4-5-7-17(16)12-21)15-8-9-19(23-3)18(10-15)13-22-2/h4-10,14,20-21H,11-13H2,1-3H3. The van der Waals surface area contributed by atoms with E-state index in [-0.39, 0.29) is 12.6 Å². The Morgan fingerprint density at radius 1 is 1.04 bits per heavy atom. The van der Waals surface area contributed by atoms with E-state index in [1.807, 2.05) is 30.3 Å². The van der Waals surface area contributed by atoms with Gasteiger partial charge in [-0.25, -0.2) is 0 Å². The minimum atomic E-state index is 0.0623. The topological polar surface area (TPSA) is 50.7 Å². The predicted octanol–water partition coefficient (Wildman–Crippen LogP) is 3.18. The van der Waals surface area contributed by atoms with Gasteiger partial charge in [0.05, 0.1) is 20.3 Å². The molecule has 0 radical (unpaired) electrons. The first-order chi connectivity index (χ1) is 11.2. The van der Waals surface area contributed by atoms with Crippen molar-refractivity contribution in [3.8, 4) is 5.75 Å². The maximum Gasteiger partial charge on any atom is 0.124 e. The van der Waals surface area contributed by atoms with Crippen LogP contribution in [0.15, 0.2) is 42.5 Å². The van der Waals surface area contributed by atoms with Crippen molar-refractivity contribution in [2.75, 3.05) is 14.2 Å². The average Bonchev–Trinajstić information content (AvgIpc) is 2.60. The number of benzene rings is 2. The number of hydrogen-bond acceptors (Lipinski definition) is 4. The first-order valence-corrected chi connectivity index (χ1v) is 7.76. The second kappa shape index (κ2) is 8.67. The van der Waals surface area contributed by atoms with Gasteiger partial charge < -0.3 is 19.9 Å². The molecule has 2 aromatic rings. The molecule has 2 aromatic carbocycles. The summed E-state index contributed by atoms with van der Waals surface area (Å²) in [4.78, 5) is 0. The van der Waals surface area contributed by atoms with Gasteiger partial charge in [0, 0.05) is 25.3 Å². The molecule has 1 atom stereocenters. The van der Waals surface area contributed by atoms with Crippen LogP contribution in [0.25, 0.3) is 0 Å². The number of aliphatic hydroxyl groups excluding tert-OH is 1. The van der Waals surface area contributed by atoms with E-state index in [9.17, 15) is 5.11 Å². The van der Waals surface area contributed by atoms with E-state index >= 15 is 0 Å². The van der Waals surface area contributed by atoms with E-state index in [2.05, 4.69) is 24.4 Å². The molecule has 0 bridgehead atoms. The molecular weight excluding hydrogens is 290 g/mol. The van der Waals surface area contributed by atoms with Gasteiger partial charge in [0.2, 0.25) is 0 Å². The number of aliphatic hydroxyl groups is 1. The van der Waals surface area contributed by atoms with Crippen LogP contribution < -0.4 is 10.1 Å². The number of rotatable bonds is 8. The maximum absolute atomic E-state index is 9.40. The summed E-state index contributed by atoms with van der Waals surface area (Å²) in [6.45, 7) is 3.42. The van der Waals surface area contributed by atoms with Crippen molar-refractivity contribution in [2.24, 2.45) is 0 Å². The SMILES string of the molecule is COCc1cc(C(C)NCc2ccccc2CO)ccc1OC. The zero-order valence-electron chi connectivity index (χ0n) is 14.0. The molecule has 23 heavy (non-hydrogen) atoms. The Kier molecular flexibility index (Phi) is 6.59. The van der Waals surface area contributed by atoms with Crippen LogP contribution in [0, 0.1) is 0 Å². The quantitative estimate of drug-likeness (QED) is 0.785. The first kappa shape index (κ1) is 17.5. The van der Waals surface area contributed by atoms with Gasteiger partial charge in [-0.15, -0.1) is 0 Å². The Labute approximate surface area is 138 Å². The van der Waals surface area contributed by atoms with Gasteiger partial charge in [0.1, 0.15) is 5.75 Å². The van der Waals surface area contributed by atoms with Crippen LogP contribution in [0.3, 0.4) is 0 Å². The van der Waals surface area contributed by atoms with Crippen molar-refractivity contribution in [3.63, 3.8) is 0 Å². The molecule has 2 rings (SSSR count). The molecule has 0 spiro atoms. The molecule has 2 N–H and O–H groups in total. The van der Waals surface area contributed by atoms with Gasteiger partial charge in [0.15, 0.2) is 0 Å². The summed E-state index contributed by atoms with van der Waals surface area (Å²) in [5, 5.41) is 12.9. The van der Waals surface area contributed by atoms with Crippen molar-refractivity contribution < 1.29 is 14.6 Å². The highest BCUT2D eigenvalue weighted by molar-refractivity contribution is 5.38. The van der Waals surface area contributed by atoms with Crippen LogP contribution in [-0.2, 0) is 24.5 Å². The molecule has 0 saturated heterocycles. The minimum absolute atomic E-state index is 0.0623. The molecule has 0 heterocycles. The third-order valence-corrected chi connectivity index (χ3v) is 3.99. The summed E-state index contributed by atoms with van der Waals surface area (Å²) < 4.78 is 10.6. The van der Waals surface area contributed by atoms with E-state index in [1.54, 1.807) is 14.2 Å². The maximum atomic E-state index is 9.40. The van der Waals surface area contributed by atoms with Gasteiger partial charge in [-0.05, 0) is 35.7 Å². The van der Waals surface area contributed by atoms with Gasteiger partial charge in [0.25, 0.3) is 0 Å². The summed E-state index contributed by atoms with van der Waals surface area (Å²) in [5.41, 5.74) is 4.30. The summed E-state index contributed by atoms with van der Waals surface area (Å²) in [6, 6.07) is 14.3. The van der Waals surface area contributed by atoms with Crippen molar-refractivity contribution in [3.05, 3.63) is 64.7 Å². The third-order valence-electron chi connectivity index (χ3n) is 3.99. The van der Waals surface area contributed by atoms with E-state index in [0.717, 1.165) is 22.4 Å². The Morgan fingerprint density at radius 2 is 1.78 bits per heavy atom. The van der Waals surface area contributed by atoms with Gasteiger partial charge in [-0.2, -0.15) is 0 Å². The Morgan fingerprint density at radius 3 is 2.43 bits per heavy atom. The molecule has 0 aliphatic rings. The molecule has 124 valence electrons. The lowest BCUT2D eigenvalue weighted by atomic mass is 10.0. The fraction of sp³-hybridized carbons (Fsp3) is 0.368. The summed E-state index contributed by atoms with van der Waals surface area (Å²) in [5.74, 6) is 0.841.